The number of H-pyrrole nitrogens is 1. The summed E-state index contributed by atoms with van der Waals surface area (Å²) in [4.78, 5) is 17.6. The van der Waals surface area contributed by atoms with Gasteiger partial charge in [0.25, 0.3) is 0 Å². The maximum Gasteiger partial charge on any atom is 0.327 e. The second-order valence-corrected chi connectivity index (χ2v) is 10.2. The number of aliphatic carboxylic acids is 1. The van der Waals surface area contributed by atoms with Crippen molar-refractivity contribution in [3.05, 3.63) is 40.7 Å². The predicted molar refractivity (Wildman–Crippen MR) is 120 cm³/mol. The Balaban J connectivity index is 1.53. The molecular weight excluding hydrogens is 388 g/mol. The molecule has 0 spiro atoms. The number of terminal acetylenes is 1. The van der Waals surface area contributed by atoms with Crippen LogP contribution < -0.4 is 0 Å². The number of aryl methyl sites for hydroxylation is 1. The Morgan fingerprint density at radius 3 is 2.68 bits per heavy atom. The molecule has 2 aliphatic heterocycles. The van der Waals surface area contributed by atoms with Gasteiger partial charge in [0.2, 0.25) is 0 Å². The first-order valence-electron chi connectivity index (χ1n) is 11.5. The molecule has 6 rings (SSSR count). The number of aromatic amines is 1. The van der Waals surface area contributed by atoms with Crippen molar-refractivity contribution in [1.82, 2.24) is 9.88 Å². The van der Waals surface area contributed by atoms with Gasteiger partial charge in [0.05, 0.1) is 6.04 Å². The molecule has 3 saturated carbocycles. The summed E-state index contributed by atoms with van der Waals surface area (Å²) < 4.78 is 5.68. The minimum atomic E-state index is -0.846. The number of ether oxygens (including phenoxy) is 1. The van der Waals surface area contributed by atoms with Crippen molar-refractivity contribution >= 4 is 12.0 Å². The first-order chi connectivity index (χ1) is 14.9. The summed E-state index contributed by atoms with van der Waals surface area (Å²) in [5.41, 5.74) is 5.56. The van der Waals surface area contributed by atoms with Crippen LogP contribution >= 0.6 is 0 Å². The van der Waals surface area contributed by atoms with Gasteiger partial charge >= 0.3 is 5.97 Å². The second kappa shape index (κ2) is 7.39. The molecule has 2 bridgehead atoms. The van der Waals surface area contributed by atoms with Crippen LogP contribution in [0.15, 0.2) is 18.2 Å². The summed E-state index contributed by atoms with van der Waals surface area (Å²) in [6.45, 7) is 6.19. The van der Waals surface area contributed by atoms with Gasteiger partial charge in [-0.05, 0) is 86.5 Å². The maximum atomic E-state index is 11.0. The number of carboxylic acid groups (broad SMARTS) is 1. The third-order valence-electron chi connectivity index (χ3n) is 8.19. The quantitative estimate of drug-likeness (QED) is 0.552. The Labute approximate surface area is 184 Å². The Hall–Kier alpha value is -2.29. The van der Waals surface area contributed by atoms with Gasteiger partial charge in [-0.3, -0.25) is 4.90 Å². The van der Waals surface area contributed by atoms with Crippen LogP contribution in [0.2, 0.25) is 0 Å². The fourth-order valence-electron chi connectivity index (χ4n) is 7.17. The Kier molecular flexibility index (Phi) is 4.91. The number of nitrogens with one attached hydrogen (secondary N) is 1. The van der Waals surface area contributed by atoms with E-state index < -0.39 is 5.97 Å². The van der Waals surface area contributed by atoms with Gasteiger partial charge in [-0.1, -0.05) is 12.0 Å². The third-order valence-corrected chi connectivity index (χ3v) is 8.19. The van der Waals surface area contributed by atoms with Crippen molar-refractivity contribution in [3.63, 3.8) is 0 Å². The normalized spacial score (nSPS) is 35.5. The van der Waals surface area contributed by atoms with E-state index in [1.165, 1.54) is 28.6 Å². The van der Waals surface area contributed by atoms with Crippen molar-refractivity contribution in [2.75, 3.05) is 13.2 Å². The predicted octanol–water partition coefficient (Wildman–Crippen LogP) is 4.25. The standard InChI is InChI=1S/C26H32N2O3/c1-4-5-6-20-18(3)27-23-21(20)13-17(2)28(19-8-11-31-12-9-19)24(23)26-14-25(15-26,16-26)10-7-22(29)30/h1,5-7,10,17,19,24,27H,8-9,11-16H2,2-3H3,(H,29,30)/b6-5-,10-7+. The van der Waals surface area contributed by atoms with E-state index in [0.717, 1.165) is 51.7 Å². The van der Waals surface area contributed by atoms with Gasteiger partial charge in [0.15, 0.2) is 0 Å². The fraction of sp³-hybridized carbons (Fsp3) is 0.577. The van der Waals surface area contributed by atoms with Crippen LogP contribution in [0.1, 0.15) is 67.6 Å². The van der Waals surface area contributed by atoms with Crippen LogP contribution in [0, 0.1) is 30.1 Å². The highest BCUT2D eigenvalue weighted by atomic mass is 16.5. The molecule has 5 nitrogen and oxygen atoms in total. The number of fused-ring (bicyclic) bond motifs is 1. The number of allylic oxidation sites excluding steroid dienone is 2. The first-order valence-corrected chi connectivity index (χ1v) is 11.5. The molecule has 0 aromatic carbocycles. The lowest BCUT2D eigenvalue weighted by atomic mass is 9.32. The molecule has 5 heteroatoms. The summed E-state index contributed by atoms with van der Waals surface area (Å²) in [7, 11) is 0. The smallest absolute Gasteiger partial charge is 0.327 e. The Morgan fingerprint density at radius 2 is 2.03 bits per heavy atom. The number of carbonyl (C=O) groups is 1. The number of carboxylic acids is 1. The molecule has 0 amide bonds. The average molecular weight is 421 g/mol. The van der Waals surface area contributed by atoms with Crippen LogP contribution in [0.3, 0.4) is 0 Å². The number of hydrogen-bond donors (Lipinski definition) is 2. The van der Waals surface area contributed by atoms with Gasteiger partial charge in [-0.15, -0.1) is 6.42 Å². The van der Waals surface area contributed by atoms with Crippen molar-refractivity contribution in [3.8, 4) is 12.3 Å². The van der Waals surface area contributed by atoms with Crippen molar-refractivity contribution in [2.45, 2.75) is 70.5 Å². The van der Waals surface area contributed by atoms with Crippen molar-refractivity contribution < 1.29 is 14.6 Å². The largest absolute Gasteiger partial charge is 0.478 e. The highest BCUT2D eigenvalue weighted by Gasteiger charge is 2.71. The van der Waals surface area contributed by atoms with Gasteiger partial charge in [0.1, 0.15) is 0 Å². The molecule has 1 saturated heterocycles. The molecule has 1 aromatic heterocycles. The number of hydrogen-bond acceptors (Lipinski definition) is 3. The highest BCUT2D eigenvalue weighted by molar-refractivity contribution is 5.80. The Bertz CT molecular complexity index is 969. The van der Waals surface area contributed by atoms with E-state index in [4.69, 9.17) is 16.3 Å². The lowest BCUT2D eigenvalue weighted by molar-refractivity contribution is -0.230. The van der Waals surface area contributed by atoms with Gasteiger partial charge in [0, 0.05) is 42.8 Å². The van der Waals surface area contributed by atoms with Crippen molar-refractivity contribution in [1.29, 1.82) is 0 Å². The highest BCUT2D eigenvalue weighted by Crippen LogP contribution is 2.79. The molecule has 5 aliphatic rings. The van der Waals surface area contributed by atoms with Crippen molar-refractivity contribution in [2.24, 2.45) is 10.8 Å². The molecule has 3 heterocycles. The van der Waals surface area contributed by atoms with Gasteiger partial charge in [-0.2, -0.15) is 0 Å². The molecule has 164 valence electrons. The van der Waals surface area contributed by atoms with E-state index in [1.807, 2.05) is 6.08 Å². The molecule has 2 unspecified atom stereocenters. The topological polar surface area (TPSA) is 65.6 Å². The van der Waals surface area contributed by atoms with Crippen LogP contribution in [0.5, 0.6) is 0 Å². The lowest BCUT2D eigenvalue weighted by Crippen LogP contribution is -2.68. The van der Waals surface area contributed by atoms with E-state index >= 15 is 0 Å². The van der Waals surface area contributed by atoms with E-state index in [9.17, 15) is 4.79 Å². The zero-order valence-electron chi connectivity index (χ0n) is 18.5. The number of rotatable bonds is 5. The maximum absolute atomic E-state index is 11.0. The summed E-state index contributed by atoms with van der Waals surface area (Å²) in [5, 5.41) is 9.08. The zero-order chi connectivity index (χ0) is 21.8. The van der Waals surface area contributed by atoms with E-state index in [-0.39, 0.29) is 10.8 Å². The molecule has 31 heavy (non-hydrogen) atoms. The van der Waals surface area contributed by atoms with Crippen LogP contribution in [-0.2, 0) is 16.0 Å². The summed E-state index contributed by atoms with van der Waals surface area (Å²) in [5.74, 6) is 1.79. The average Bonchev–Trinajstić information content (AvgIpc) is 2.99. The zero-order valence-corrected chi connectivity index (χ0v) is 18.5. The molecule has 4 fully saturated rings. The fourth-order valence-corrected chi connectivity index (χ4v) is 7.17. The molecule has 2 N–H and O–H groups in total. The third kappa shape index (κ3) is 3.20. The summed E-state index contributed by atoms with van der Waals surface area (Å²) in [6, 6.07) is 1.34. The van der Waals surface area contributed by atoms with Crippen LogP contribution in [0.25, 0.3) is 6.08 Å². The molecule has 0 radical (unpaired) electrons. The first kappa shape index (κ1) is 20.6. The summed E-state index contributed by atoms with van der Waals surface area (Å²) in [6.07, 6.45) is 19.1. The summed E-state index contributed by atoms with van der Waals surface area (Å²) >= 11 is 0. The van der Waals surface area contributed by atoms with Gasteiger partial charge in [-0.25, -0.2) is 4.79 Å². The van der Waals surface area contributed by atoms with E-state index in [1.54, 1.807) is 6.08 Å². The van der Waals surface area contributed by atoms with Gasteiger partial charge < -0.3 is 14.8 Å². The SMILES string of the molecule is C#C/C=C\c1c(C)[nH]c2c1CC(C)N(C1CCOCC1)C2C12CC(/C=C/C(=O)O)(C1)C2. The molecular formula is C26H32N2O3. The minimum absolute atomic E-state index is 0.0917. The van der Waals surface area contributed by atoms with Crippen LogP contribution in [-0.4, -0.2) is 46.3 Å². The lowest BCUT2D eigenvalue weighted by Gasteiger charge is -2.74. The number of aromatic nitrogens is 1. The van der Waals surface area contributed by atoms with E-state index in [0.29, 0.717) is 18.1 Å². The number of nitrogens with zero attached hydrogens (tertiary/aromatic N) is 1. The molecule has 2 atom stereocenters. The second-order valence-electron chi connectivity index (χ2n) is 10.2. The molecule has 3 aliphatic carbocycles. The minimum Gasteiger partial charge on any atom is -0.478 e. The van der Waals surface area contributed by atoms with E-state index in [2.05, 4.69) is 35.7 Å². The molecule has 1 aromatic rings. The Morgan fingerprint density at radius 1 is 1.32 bits per heavy atom. The van der Waals surface area contributed by atoms with Crippen LogP contribution in [0.4, 0.5) is 0 Å². The monoisotopic (exact) mass is 420 g/mol.